The molecule has 0 saturated heterocycles. The molecule has 0 aliphatic heterocycles. The Kier molecular flexibility index (Phi) is 7.69. The number of carbonyl (C=O) groups is 4. The monoisotopic (exact) mass is 524 g/mol. The zero-order valence-corrected chi connectivity index (χ0v) is 21.3. The second-order valence-corrected chi connectivity index (χ2v) is 8.97. The van der Waals surface area contributed by atoms with Crippen LogP contribution in [0.25, 0.3) is 0 Å². The van der Waals surface area contributed by atoms with Crippen molar-refractivity contribution in [2.75, 3.05) is 10.6 Å². The summed E-state index contributed by atoms with van der Waals surface area (Å²) in [4.78, 5) is 52.0. The predicted molar refractivity (Wildman–Crippen MR) is 155 cm³/mol. The van der Waals surface area contributed by atoms with Crippen molar-refractivity contribution in [2.45, 2.75) is 0 Å². The lowest BCUT2D eigenvalue weighted by Crippen LogP contribution is -2.17. The summed E-state index contributed by atoms with van der Waals surface area (Å²) in [5.41, 5.74) is 3.21. The van der Waals surface area contributed by atoms with Gasteiger partial charge in [0, 0.05) is 33.4 Å². The van der Waals surface area contributed by atoms with Crippen LogP contribution in [-0.2, 0) is 0 Å². The third kappa shape index (κ3) is 5.76. The van der Waals surface area contributed by atoms with Crippen molar-refractivity contribution in [1.29, 1.82) is 0 Å². The van der Waals surface area contributed by atoms with Crippen molar-refractivity contribution in [3.05, 3.63) is 167 Å². The van der Waals surface area contributed by atoms with Gasteiger partial charge < -0.3 is 10.6 Å². The number of rotatable bonds is 8. The Morgan fingerprint density at radius 1 is 0.350 bits per heavy atom. The number of ketones is 2. The zero-order chi connectivity index (χ0) is 27.9. The van der Waals surface area contributed by atoms with Crippen molar-refractivity contribution in [3.8, 4) is 0 Å². The minimum atomic E-state index is -0.418. The van der Waals surface area contributed by atoms with Gasteiger partial charge in [-0.05, 0) is 48.5 Å². The van der Waals surface area contributed by atoms with E-state index in [1.54, 1.807) is 97.1 Å². The first-order chi connectivity index (χ1) is 19.5. The van der Waals surface area contributed by atoms with Gasteiger partial charge in [0.2, 0.25) is 0 Å². The number of hydrogen-bond acceptors (Lipinski definition) is 4. The minimum Gasteiger partial charge on any atom is -0.321 e. The Morgan fingerprint density at radius 2 is 0.675 bits per heavy atom. The molecular weight excluding hydrogens is 500 g/mol. The van der Waals surface area contributed by atoms with Crippen LogP contribution in [0.5, 0.6) is 0 Å². The third-order valence-electron chi connectivity index (χ3n) is 6.32. The molecule has 5 aromatic rings. The fraction of sp³-hybridized carbons (Fsp3) is 0. The first-order valence-corrected chi connectivity index (χ1v) is 12.6. The maximum absolute atomic E-state index is 13.0. The van der Waals surface area contributed by atoms with Crippen LogP contribution in [0, 0.1) is 0 Å². The molecule has 0 fully saturated rings. The van der Waals surface area contributed by atoms with Gasteiger partial charge in [-0.15, -0.1) is 0 Å². The molecule has 0 atom stereocenters. The molecule has 6 nitrogen and oxygen atoms in total. The summed E-state index contributed by atoms with van der Waals surface area (Å²) in [5.74, 6) is -1.23. The van der Waals surface area contributed by atoms with E-state index < -0.39 is 11.8 Å². The van der Waals surface area contributed by atoms with Gasteiger partial charge >= 0.3 is 0 Å². The van der Waals surface area contributed by atoms with E-state index in [9.17, 15) is 19.2 Å². The number of nitrogens with one attached hydrogen (secondary N) is 2. The van der Waals surface area contributed by atoms with Gasteiger partial charge in [0.05, 0.1) is 11.4 Å². The van der Waals surface area contributed by atoms with Crippen LogP contribution in [0.4, 0.5) is 11.4 Å². The maximum Gasteiger partial charge on any atom is 0.255 e. The van der Waals surface area contributed by atoms with E-state index in [-0.39, 0.29) is 11.6 Å². The average Bonchev–Trinajstić information content (AvgIpc) is 3.02. The van der Waals surface area contributed by atoms with Crippen molar-refractivity contribution < 1.29 is 19.2 Å². The van der Waals surface area contributed by atoms with Crippen molar-refractivity contribution in [3.63, 3.8) is 0 Å². The molecule has 2 amide bonds. The van der Waals surface area contributed by atoms with Gasteiger partial charge in [-0.2, -0.15) is 0 Å². The molecule has 0 aliphatic carbocycles. The Bertz CT molecular complexity index is 1570. The maximum atomic E-state index is 13.0. The molecule has 40 heavy (non-hydrogen) atoms. The van der Waals surface area contributed by atoms with Gasteiger partial charge in [0.1, 0.15) is 0 Å². The quantitative estimate of drug-likeness (QED) is 0.222. The molecule has 5 aromatic carbocycles. The Balaban J connectivity index is 1.29. The van der Waals surface area contributed by atoms with Crippen LogP contribution in [0.2, 0.25) is 0 Å². The number of anilines is 2. The van der Waals surface area contributed by atoms with Gasteiger partial charge in [-0.3, -0.25) is 19.2 Å². The van der Waals surface area contributed by atoms with Crippen LogP contribution >= 0.6 is 0 Å². The van der Waals surface area contributed by atoms with Crippen LogP contribution in [0.1, 0.15) is 52.6 Å². The van der Waals surface area contributed by atoms with Gasteiger partial charge in [-0.25, -0.2) is 0 Å². The van der Waals surface area contributed by atoms with Crippen LogP contribution in [-0.4, -0.2) is 23.4 Å². The molecule has 0 aliphatic rings. The molecule has 5 rings (SSSR count). The third-order valence-corrected chi connectivity index (χ3v) is 6.32. The van der Waals surface area contributed by atoms with E-state index in [1.165, 1.54) is 24.3 Å². The lowest BCUT2D eigenvalue weighted by molar-refractivity contribution is 0.101. The number of para-hydroxylation sites is 2. The largest absolute Gasteiger partial charge is 0.321 e. The normalized spacial score (nSPS) is 10.4. The van der Waals surface area contributed by atoms with Crippen LogP contribution in [0.3, 0.4) is 0 Å². The first-order valence-electron chi connectivity index (χ1n) is 12.6. The predicted octanol–water partition coefficient (Wildman–Crippen LogP) is 6.65. The molecule has 2 N–H and O–H groups in total. The van der Waals surface area contributed by atoms with E-state index in [0.29, 0.717) is 44.8 Å². The highest BCUT2D eigenvalue weighted by Crippen LogP contribution is 2.22. The number of benzene rings is 5. The van der Waals surface area contributed by atoms with Crippen LogP contribution < -0.4 is 10.6 Å². The molecule has 0 saturated carbocycles. The smallest absolute Gasteiger partial charge is 0.255 e. The van der Waals surface area contributed by atoms with E-state index in [4.69, 9.17) is 0 Å². The highest BCUT2D eigenvalue weighted by Gasteiger charge is 2.18. The number of carbonyl (C=O) groups excluding carboxylic acids is 4. The summed E-state index contributed by atoms with van der Waals surface area (Å²) < 4.78 is 0. The molecule has 0 bridgehead atoms. The first kappa shape index (κ1) is 26.0. The molecule has 194 valence electrons. The Labute approximate surface area is 231 Å². The number of hydrogen-bond donors (Lipinski definition) is 2. The fourth-order valence-corrected chi connectivity index (χ4v) is 4.23. The summed E-state index contributed by atoms with van der Waals surface area (Å²) >= 11 is 0. The lowest BCUT2D eigenvalue weighted by atomic mass is 10.0. The summed E-state index contributed by atoms with van der Waals surface area (Å²) in [6.45, 7) is 0. The van der Waals surface area contributed by atoms with E-state index >= 15 is 0 Å². The van der Waals surface area contributed by atoms with E-state index in [2.05, 4.69) is 10.6 Å². The van der Waals surface area contributed by atoms with Gasteiger partial charge in [0.25, 0.3) is 11.8 Å². The number of amides is 2. The Morgan fingerprint density at radius 3 is 1.05 bits per heavy atom. The molecule has 0 unspecified atom stereocenters. The standard InChI is InChI=1S/C34H24N2O4/c37-31(23-11-3-1-4-12-23)27-15-7-9-17-29(27)35-33(39)25-19-21-26(22-20-25)34(40)36-30-18-10-8-16-28(30)32(38)24-13-5-2-6-14-24/h1-22H,(H,35,39)(H,36,40). The van der Waals surface area contributed by atoms with Crippen molar-refractivity contribution in [1.82, 2.24) is 0 Å². The summed E-state index contributed by atoms with van der Waals surface area (Å²) in [6.07, 6.45) is 0. The second kappa shape index (κ2) is 11.8. The second-order valence-electron chi connectivity index (χ2n) is 8.97. The Hall–Kier alpha value is -5.62. The molecule has 0 heterocycles. The summed E-state index contributed by atoms with van der Waals surface area (Å²) in [7, 11) is 0. The molecule has 0 spiro atoms. The highest BCUT2D eigenvalue weighted by molar-refractivity contribution is 6.16. The van der Waals surface area contributed by atoms with Gasteiger partial charge in [0.15, 0.2) is 11.6 Å². The molecular formula is C34H24N2O4. The van der Waals surface area contributed by atoms with Crippen molar-refractivity contribution >= 4 is 34.8 Å². The van der Waals surface area contributed by atoms with E-state index in [1.807, 2.05) is 12.1 Å². The molecule has 0 radical (unpaired) electrons. The topological polar surface area (TPSA) is 92.3 Å². The van der Waals surface area contributed by atoms with E-state index in [0.717, 1.165) is 0 Å². The highest BCUT2D eigenvalue weighted by atomic mass is 16.2. The average molecular weight is 525 g/mol. The minimum absolute atomic E-state index is 0.199. The van der Waals surface area contributed by atoms with Crippen molar-refractivity contribution in [2.24, 2.45) is 0 Å². The van der Waals surface area contributed by atoms with Gasteiger partial charge in [-0.1, -0.05) is 84.9 Å². The summed E-state index contributed by atoms with van der Waals surface area (Å²) in [6, 6.07) is 37.5. The van der Waals surface area contributed by atoms with Crippen LogP contribution in [0.15, 0.2) is 133 Å². The summed E-state index contributed by atoms with van der Waals surface area (Å²) in [5, 5.41) is 5.61. The molecule has 6 heteroatoms. The fourth-order valence-electron chi connectivity index (χ4n) is 4.23. The zero-order valence-electron chi connectivity index (χ0n) is 21.3. The lowest BCUT2D eigenvalue weighted by Gasteiger charge is -2.12. The SMILES string of the molecule is O=C(Nc1ccccc1C(=O)c1ccccc1)c1ccc(C(=O)Nc2ccccc2C(=O)c2ccccc2)cc1. The molecule has 0 aromatic heterocycles.